The molecule has 0 saturated heterocycles. The van der Waals surface area contributed by atoms with Crippen molar-refractivity contribution in [2.24, 2.45) is 15.4 Å². The highest BCUT2D eigenvalue weighted by atomic mass is 14.9. The lowest BCUT2D eigenvalue weighted by molar-refractivity contribution is 0.360. The molecular weight excluding hydrogens is 255 g/mol. The molecule has 0 amide bonds. The summed E-state index contributed by atoms with van der Waals surface area (Å²) in [4.78, 5) is 8.87. The van der Waals surface area contributed by atoms with Gasteiger partial charge in [-0.05, 0) is 12.8 Å². The lowest BCUT2D eigenvalue weighted by atomic mass is 9.78. The minimum Gasteiger partial charge on any atom is -0.241 e. The van der Waals surface area contributed by atoms with Crippen LogP contribution in [-0.2, 0) is 0 Å². The van der Waals surface area contributed by atoms with E-state index in [0.717, 1.165) is 18.7 Å². The van der Waals surface area contributed by atoms with Crippen molar-refractivity contribution in [3.05, 3.63) is 24.8 Å². The van der Waals surface area contributed by atoms with Crippen molar-refractivity contribution < 1.29 is 0 Å². The van der Waals surface area contributed by atoms with E-state index < -0.39 is 0 Å². The molecule has 2 radical (unpaired) electrons. The molecule has 116 valence electrons. The molecule has 0 fully saturated rings. The number of hydrogen-bond donors (Lipinski definition) is 0. The molecule has 0 aromatic rings. The van der Waals surface area contributed by atoms with Crippen molar-refractivity contribution in [2.45, 2.75) is 72.1 Å². The van der Waals surface area contributed by atoms with Gasteiger partial charge in [0.15, 0.2) is 0 Å². The van der Waals surface area contributed by atoms with Gasteiger partial charge in [-0.1, -0.05) is 71.3 Å². The first kappa shape index (κ1) is 19.9. The summed E-state index contributed by atoms with van der Waals surface area (Å²) in [6, 6.07) is 0. The zero-order chi connectivity index (χ0) is 16.1. The molecule has 2 nitrogen and oxygen atoms in total. The van der Waals surface area contributed by atoms with Crippen LogP contribution in [0.4, 0.5) is 0 Å². The zero-order valence-electron chi connectivity index (χ0n) is 14.2. The van der Waals surface area contributed by atoms with E-state index in [1.807, 2.05) is 0 Å². The van der Waals surface area contributed by atoms with Gasteiger partial charge in [-0.25, -0.2) is 9.98 Å². The van der Waals surface area contributed by atoms with Crippen LogP contribution < -0.4 is 0 Å². The molecule has 0 rings (SSSR count). The third-order valence-corrected chi connectivity index (χ3v) is 3.77. The van der Waals surface area contributed by atoms with Gasteiger partial charge in [0, 0.05) is 17.8 Å². The smallest absolute Gasteiger partial charge is 0.133 e. The molecule has 0 aromatic carbocycles. The standard InChI is InChI=1S/C18H31BN2/c1-6-9-11-12-14-18(5,13-10-7-2)17(20-8-3)21-15-16(4)19/h8,15H,3-4,6-7,9-14H2,1-2,5H3. The second-order valence-electron chi connectivity index (χ2n) is 5.94. The second-order valence-corrected chi connectivity index (χ2v) is 5.94. The summed E-state index contributed by atoms with van der Waals surface area (Å²) in [5.74, 6) is 0.828. The third-order valence-electron chi connectivity index (χ3n) is 3.77. The molecule has 0 saturated carbocycles. The normalized spacial score (nSPS) is 15.1. The highest BCUT2D eigenvalue weighted by molar-refractivity contribution is 6.33. The Hall–Kier alpha value is -1.12. The Labute approximate surface area is 133 Å². The monoisotopic (exact) mass is 286 g/mol. The van der Waals surface area contributed by atoms with Crippen molar-refractivity contribution in [2.75, 3.05) is 0 Å². The summed E-state index contributed by atoms with van der Waals surface area (Å²) in [6.07, 6.45) is 12.8. The van der Waals surface area contributed by atoms with E-state index in [2.05, 4.69) is 43.9 Å². The number of amidine groups is 1. The Kier molecular flexibility index (Phi) is 10.9. The highest BCUT2D eigenvalue weighted by Gasteiger charge is 2.29. The van der Waals surface area contributed by atoms with Crippen molar-refractivity contribution in [3.8, 4) is 0 Å². The van der Waals surface area contributed by atoms with E-state index in [1.165, 1.54) is 38.5 Å². The van der Waals surface area contributed by atoms with Crippen molar-refractivity contribution in [3.63, 3.8) is 0 Å². The number of unbranched alkanes of at least 4 members (excludes halogenated alkanes) is 4. The minimum absolute atomic E-state index is 0.0100. The number of rotatable bonds is 11. The first-order chi connectivity index (χ1) is 10.00. The van der Waals surface area contributed by atoms with Gasteiger partial charge >= 0.3 is 0 Å². The summed E-state index contributed by atoms with van der Waals surface area (Å²) in [5, 5.41) is 0. The topological polar surface area (TPSA) is 24.7 Å². The number of nitrogens with zero attached hydrogens (tertiary/aromatic N) is 2. The summed E-state index contributed by atoms with van der Waals surface area (Å²) >= 11 is 0. The molecular formula is C18H31BN2. The van der Waals surface area contributed by atoms with Crippen LogP contribution in [0.1, 0.15) is 72.1 Å². The molecule has 21 heavy (non-hydrogen) atoms. The molecule has 0 spiro atoms. The first-order valence-electron chi connectivity index (χ1n) is 8.17. The van der Waals surface area contributed by atoms with E-state index >= 15 is 0 Å². The molecule has 0 aliphatic rings. The van der Waals surface area contributed by atoms with Crippen LogP contribution in [0.2, 0.25) is 0 Å². The van der Waals surface area contributed by atoms with Gasteiger partial charge in [0.2, 0.25) is 0 Å². The number of aliphatic imine (C=N–C) groups is 2. The van der Waals surface area contributed by atoms with Gasteiger partial charge in [0.25, 0.3) is 0 Å². The van der Waals surface area contributed by atoms with Crippen LogP contribution in [0.15, 0.2) is 34.8 Å². The molecule has 0 aliphatic heterocycles. The lowest BCUT2D eigenvalue weighted by Crippen LogP contribution is -2.27. The quantitative estimate of drug-likeness (QED) is 0.209. The second kappa shape index (κ2) is 11.5. The van der Waals surface area contributed by atoms with Crippen LogP contribution in [0.3, 0.4) is 0 Å². The van der Waals surface area contributed by atoms with Crippen LogP contribution in [-0.4, -0.2) is 19.9 Å². The maximum absolute atomic E-state index is 5.60. The molecule has 1 unspecified atom stereocenters. The SMILES string of the molecule is [B]C(=C)C=NC(=NC=C)C(C)(CCCC)CCCCCC. The molecule has 0 heterocycles. The maximum atomic E-state index is 5.60. The minimum atomic E-state index is -0.0100. The third kappa shape index (κ3) is 8.69. The predicted octanol–water partition coefficient (Wildman–Crippen LogP) is 5.45. The fraction of sp³-hybridized carbons (Fsp3) is 0.667. The highest BCUT2D eigenvalue weighted by Crippen LogP contribution is 2.33. The summed E-state index contributed by atoms with van der Waals surface area (Å²) in [6.45, 7) is 14.1. The molecule has 0 aromatic heterocycles. The Balaban J connectivity index is 5.05. The number of allylic oxidation sites excluding steroid dienone is 1. The average Bonchev–Trinajstić information content (AvgIpc) is 2.45. The summed E-state index contributed by atoms with van der Waals surface area (Å²) < 4.78 is 0. The molecule has 0 aliphatic carbocycles. The van der Waals surface area contributed by atoms with Crippen LogP contribution in [0.5, 0.6) is 0 Å². The van der Waals surface area contributed by atoms with Gasteiger partial charge < -0.3 is 0 Å². The largest absolute Gasteiger partial charge is 0.241 e. The zero-order valence-corrected chi connectivity index (χ0v) is 14.2. The van der Waals surface area contributed by atoms with Gasteiger partial charge in [0.1, 0.15) is 13.7 Å². The van der Waals surface area contributed by atoms with Gasteiger partial charge in [-0.2, -0.15) is 0 Å². The Morgan fingerprint density at radius 1 is 1.10 bits per heavy atom. The van der Waals surface area contributed by atoms with E-state index in [0.29, 0.717) is 5.47 Å². The average molecular weight is 286 g/mol. The van der Waals surface area contributed by atoms with E-state index in [-0.39, 0.29) is 5.41 Å². The summed E-state index contributed by atoms with van der Waals surface area (Å²) in [7, 11) is 5.60. The predicted molar refractivity (Wildman–Crippen MR) is 97.4 cm³/mol. The van der Waals surface area contributed by atoms with E-state index in [9.17, 15) is 0 Å². The maximum Gasteiger partial charge on any atom is 0.133 e. The summed E-state index contributed by atoms with van der Waals surface area (Å²) in [5.41, 5.74) is 0.444. The Bertz CT molecular complexity index is 371. The first-order valence-corrected chi connectivity index (χ1v) is 8.17. The van der Waals surface area contributed by atoms with Gasteiger partial charge in [0.05, 0.1) is 0 Å². The molecule has 0 bridgehead atoms. The number of hydrogen-bond acceptors (Lipinski definition) is 1. The molecule has 3 heteroatoms. The van der Waals surface area contributed by atoms with Crippen molar-refractivity contribution >= 4 is 19.9 Å². The van der Waals surface area contributed by atoms with E-state index in [1.54, 1.807) is 12.4 Å². The lowest BCUT2D eigenvalue weighted by Gasteiger charge is -2.29. The van der Waals surface area contributed by atoms with Gasteiger partial charge in [-0.15, -0.1) is 6.58 Å². The van der Waals surface area contributed by atoms with Crippen molar-refractivity contribution in [1.29, 1.82) is 0 Å². The van der Waals surface area contributed by atoms with Crippen molar-refractivity contribution in [1.82, 2.24) is 0 Å². The van der Waals surface area contributed by atoms with Crippen LogP contribution >= 0.6 is 0 Å². The molecule has 1 atom stereocenters. The fourth-order valence-electron chi connectivity index (χ4n) is 2.43. The Morgan fingerprint density at radius 3 is 2.24 bits per heavy atom. The van der Waals surface area contributed by atoms with Crippen LogP contribution in [0.25, 0.3) is 0 Å². The fourth-order valence-corrected chi connectivity index (χ4v) is 2.43. The van der Waals surface area contributed by atoms with Gasteiger partial charge in [-0.3, -0.25) is 0 Å². The molecule has 0 N–H and O–H groups in total. The van der Waals surface area contributed by atoms with E-state index in [4.69, 9.17) is 7.85 Å². The Morgan fingerprint density at radius 2 is 1.71 bits per heavy atom. The van der Waals surface area contributed by atoms with Crippen LogP contribution in [0, 0.1) is 5.41 Å².